The average molecular weight is 244 g/mol. The van der Waals surface area contributed by atoms with E-state index in [4.69, 9.17) is 5.26 Å². The molecule has 0 spiro atoms. The van der Waals surface area contributed by atoms with Crippen LogP contribution in [-0.4, -0.2) is 11.9 Å². The number of rotatable bonds is 5. The Balaban J connectivity index is 2.80. The number of nitrogens with one attached hydrogen (secondary N) is 1. The van der Waals surface area contributed by atoms with Crippen molar-refractivity contribution in [3.8, 4) is 6.07 Å². The van der Waals surface area contributed by atoms with Gasteiger partial charge in [0.2, 0.25) is 5.91 Å². The third-order valence-electron chi connectivity index (χ3n) is 3.10. The lowest BCUT2D eigenvalue weighted by atomic mass is 9.83. The number of carbonyl (C=O) groups is 1. The smallest absolute Gasteiger partial charge is 0.231 e. The summed E-state index contributed by atoms with van der Waals surface area (Å²) in [6.07, 6.45) is 1.57. The van der Waals surface area contributed by atoms with Crippen LogP contribution in [0.1, 0.15) is 39.2 Å². The molecule has 1 rings (SSSR count). The van der Waals surface area contributed by atoms with Gasteiger partial charge in [-0.15, -0.1) is 0 Å². The van der Waals surface area contributed by atoms with Crippen molar-refractivity contribution >= 4 is 5.91 Å². The Bertz CT molecular complexity index is 432. The van der Waals surface area contributed by atoms with Gasteiger partial charge < -0.3 is 5.32 Å². The van der Waals surface area contributed by atoms with Gasteiger partial charge in [0.25, 0.3) is 0 Å². The first-order valence-corrected chi connectivity index (χ1v) is 6.28. The molecular formula is C15H20N2O. The minimum Gasteiger partial charge on any atom is -0.340 e. The van der Waals surface area contributed by atoms with Gasteiger partial charge in [-0.2, -0.15) is 5.26 Å². The highest BCUT2D eigenvalue weighted by molar-refractivity contribution is 5.87. The van der Waals surface area contributed by atoms with Crippen molar-refractivity contribution in [3.63, 3.8) is 0 Å². The van der Waals surface area contributed by atoms with Crippen molar-refractivity contribution in [2.24, 2.45) is 0 Å². The highest BCUT2D eigenvalue weighted by Gasteiger charge is 2.30. The Kier molecular flexibility index (Phi) is 4.91. The van der Waals surface area contributed by atoms with Crippen LogP contribution < -0.4 is 5.32 Å². The van der Waals surface area contributed by atoms with E-state index in [1.165, 1.54) is 0 Å². The summed E-state index contributed by atoms with van der Waals surface area (Å²) in [7, 11) is 0. The van der Waals surface area contributed by atoms with Crippen LogP contribution in [0.3, 0.4) is 0 Å². The zero-order valence-corrected chi connectivity index (χ0v) is 11.2. The van der Waals surface area contributed by atoms with Crippen molar-refractivity contribution in [3.05, 3.63) is 35.9 Å². The second-order valence-electron chi connectivity index (χ2n) is 4.93. The van der Waals surface area contributed by atoms with E-state index in [1.807, 2.05) is 51.1 Å². The van der Waals surface area contributed by atoms with Crippen LogP contribution in [-0.2, 0) is 10.2 Å². The maximum Gasteiger partial charge on any atom is 0.231 e. The molecule has 1 aromatic rings. The monoisotopic (exact) mass is 244 g/mol. The largest absolute Gasteiger partial charge is 0.340 e. The van der Waals surface area contributed by atoms with Crippen molar-refractivity contribution in [1.29, 1.82) is 5.26 Å². The third kappa shape index (κ3) is 3.33. The molecule has 0 aromatic heterocycles. The maximum absolute atomic E-state index is 12.2. The van der Waals surface area contributed by atoms with Crippen molar-refractivity contribution in [1.82, 2.24) is 5.32 Å². The molecule has 3 nitrogen and oxygen atoms in total. The van der Waals surface area contributed by atoms with E-state index in [0.717, 1.165) is 12.0 Å². The van der Waals surface area contributed by atoms with Crippen LogP contribution in [0.15, 0.2) is 30.3 Å². The molecule has 0 radical (unpaired) electrons. The lowest BCUT2D eigenvalue weighted by Gasteiger charge is -2.25. The van der Waals surface area contributed by atoms with Gasteiger partial charge in [0.15, 0.2) is 0 Å². The Hall–Kier alpha value is -1.82. The molecule has 0 bridgehead atoms. The number of nitriles is 1. The molecule has 0 aliphatic carbocycles. The molecule has 1 N–H and O–H groups in total. The van der Waals surface area contributed by atoms with E-state index in [0.29, 0.717) is 6.42 Å². The van der Waals surface area contributed by atoms with E-state index in [-0.39, 0.29) is 5.91 Å². The summed E-state index contributed by atoms with van der Waals surface area (Å²) in [4.78, 5) is 12.2. The number of hydrogen-bond donors (Lipinski definition) is 1. The van der Waals surface area contributed by atoms with Crippen LogP contribution >= 0.6 is 0 Å². The van der Waals surface area contributed by atoms with Gasteiger partial charge >= 0.3 is 0 Å². The van der Waals surface area contributed by atoms with Crippen LogP contribution in [0.5, 0.6) is 0 Å². The van der Waals surface area contributed by atoms with Gasteiger partial charge in [-0.05, 0) is 25.8 Å². The fourth-order valence-electron chi connectivity index (χ4n) is 1.78. The Labute approximate surface area is 109 Å². The van der Waals surface area contributed by atoms with E-state index in [2.05, 4.69) is 11.4 Å². The molecule has 0 fully saturated rings. The predicted octanol–water partition coefficient (Wildman–Crippen LogP) is 2.77. The summed E-state index contributed by atoms with van der Waals surface area (Å²) in [5.74, 6) is -0.103. The highest BCUT2D eigenvalue weighted by Crippen LogP contribution is 2.23. The average Bonchev–Trinajstić information content (AvgIpc) is 2.39. The van der Waals surface area contributed by atoms with E-state index < -0.39 is 11.5 Å². The molecule has 0 aliphatic heterocycles. The fraction of sp³-hybridized carbons (Fsp3) is 0.467. The first-order chi connectivity index (χ1) is 8.52. The van der Waals surface area contributed by atoms with Gasteiger partial charge in [0.1, 0.15) is 6.04 Å². The van der Waals surface area contributed by atoms with Crippen molar-refractivity contribution in [2.75, 3.05) is 0 Å². The van der Waals surface area contributed by atoms with Gasteiger partial charge in [0, 0.05) is 0 Å². The first-order valence-electron chi connectivity index (χ1n) is 6.28. The lowest BCUT2D eigenvalue weighted by molar-refractivity contribution is -0.126. The van der Waals surface area contributed by atoms with Gasteiger partial charge in [-0.25, -0.2) is 0 Å². The molecular weight excluding hydrogens is 224 g/mol. The molecule has 96 valence electrons. The summed E-state index contributed by atoms with van der Waals surface area (Å²) in [5, 5.41) is 11.8. The number of hydrogen-bond acceptors (Lipinski definition) is 2. The zero-order chi connectivity index (χ0) is 13.6. The molecule has 1 aromatic carbocycles. The molecule has 1 unspecified atom stereocenters. The molecule has 0 saturated carbocycles. The van der Waals surface area contributed by atoms with Crippen LogP contribution in [0.25, 0.3) is 0 Å². The first kappa shape index (κ1) is 14.2. The molecule has 0 aliphatic rings. The minimum absolute atomic E-state index is 0.103. The standard InChI is InChI=1S/C15H20N2O/c1-4-8-13(11-16)17-14(18)15(2,3)12-9-6-5-7-10-12/h5-7,9-10,13H,4,8H2,1-3H3,(H,17,18). The van der Waals surface area contributed by atoms with Crippen LogP contribution in [0, 0.1) is 11.3 Å². The molecule has 1 amide bonds. The maximum atomic E-state index is 12.2. The summed E-state index contributed by atoms with van der Waals surface area (Å²) < 4.78 is 0. The van der Waals surface area contributed by atoms with Crippen LogP contribution in [0.4, 0.5) is 0 Å². The predicted molar refractivity (Wildman–Crippen MR) is 71.9 cm³/mol. The quantitative estimate of drug-likeness (QED) is 0.866. The Morgan fingerprint density at radius 2 is 2.00 bits per heavy atom. The lowest BCUT2D eigenvalue weighted by Crippen LogP contribution is -2.44. The van der Waals surface area contributed by atoms with Gasteiger partial charge in [-0.3, -0.25) is 4.79 Å². The number of amides is 1. The number of nitrogens with zero attached hydrogens (tertiary/aromatic N) is 1. The molecule has 18 heavy (non-hydrogen) atoms. The van der Waals surface area contributed by atoms with E-state index >= 15 is 0 Å². The Morgan fingerprint density at radius 1 is 1.39 bits per heavy atom. The minimum atomic E-state index is -0.621. The summed E-state index contributed by atoms with van der Waals surface area (Å²) in [5.41, 5.74) is 0.333. The second kappa shape index (κ2) is 6.20. The zero-order valence-electron chi connectivity index (χ0n) is 11.2. The van der Waals surface area contributed by atoms with Gasteiger partial charge in [0.05, 0.1) is 11.5 Å². The third-order valence-corrected chi connectivity index (χ3v) is 3.10. The number of carbonyl (C=O) groups excluding carboxylic acids is 1. The summed E-state index contributed by atoms with van der Waals surface area (Å²) >= 11 is 0. The topological polar surface area (TPSA) is 52.9 Å². The second-order valence-corrected chi connectivity index (χ2v) is 4.93. The molecule has 1 atom stereocenters. The van der Waals surface area contributed by atoms with E-state index in [9.17, 15) is 4.79 Å². The van der Waals surface area contributed by atoms with Crippen molar-refractivity contribution < 1.29 is 4.79 Å². The molecule has 3 heteroatoms. The normalized spacial score (nSPS) is 12.6. The summed E-state index contributed by atoms with van der Waals surface area (Å²) in [6, 6.07) is 11.3. The number of benzene rings is 1. The molecule has 0 heterocycles. The summed E-state index contributed by atoms with van der Waals surface area (Å²) in [6.45, 7) is 5.74. The fourth-order valence-corrected chi connectivity index (χ4v) is 1.78. The van der Waals surface area contributed by atoms with E-state index in [1.54, 1.807) is 0 Å². The highest BCUT2D eigenvalue weighted by atomic mass is 16.2. The Morgan fingerprint density at radius 3 is 2.50 bits per heavy atom. The van der Waals surface area contributed by atoms with Gasteiger partial charge in [-0.1, -0.05) is 43.7 Å². The van der Waals surface area contributed by atoms with Crippen molar-refractivity contribution in [2.45, 2.75) is 45.1 Å². The van der Waals surface area contributed by atoms with Crippen LogP contribution in [0.2, 0.25) is 0 Å². The molecule has 0 saturated heterocycles. The SMILES string of the molecule is CCCC(C#N)NC(=O)C(C)(C)c1ccccc1.